The predicted molar refractivity (Wildman–Crippen MR) is 96.3 cm³/mol. The fourth-order valence-electron chi connectivity index (χ4n) is 2.09. The van der Waals surface area contributed by atoms with Crippen LogP contribution in [0.5, 0.6) is 0 Å². The van der Waals surface area contributed by atoms with E-state index in [2.05, 4.69) is 5.43 Å². The van der Waals surface area contributed by atoms with Crippen molar-refractivity contribution in [1.29, 1.82) is 0 Å². The highest BCUT2D eigenvalue weighted by Gasteiger charge is 2.31. The first kappa shape index (κ1) is 18.3. The number of benzene rings is 2. The van der Waals surface area contributed by atoms with E-state index in [1.165, 1.54) is 5.01 Å². The Morgan fingerprint density at radius 3 is 1.96 bits per heavy atom. The van der Waals surface area contributed by atoms with Crippen LogP contribution < -0.4 is 5.43 Å². The lowest BCUT2D eigenvalue weighted by Crippen LogP contribution is -2.56. The van der Waals surface area contributed by atoms with Crippen LogP contribution >= 0.6 is 23.2 Å². The van der Waals surface area contributed by atoms with Crippen LogP contribution in [0.15, 0.2) is 48.5 Å². The van der Waals surface area contributed by atoms with E-state index >= 15 is 0 Å². The van der Waals surface area contributed by atoms with Crippen LogP contribution in [-0.2, 0) is 0 Å². The van der Waals surface area contributed by atoms with Gasteiger partial charge in [0.2, 0.25) is 0 Å². The maximum absolute atomic E-state index is 12.9. The topological polar surface area (TPSA) is 49.4 Å². The van der Waals surface area contributed by atoms with Crippen molar-refractivity contribution in [2.75, 3.05) is 0 Å². The lowest BCUT2D eigenvalue weighted by molar-refractivity contribution is 0.0359. The van der Waals surface area contributed by atoms with E-state index in [-0.39, 0.29) is 21.5 Å². The first-order valence-corrected chi connectivity index (χ1v) is 8.12. The molecule has 24 heavy (non-hydrogen) atoms. The maximum atomic E-state index is 12.9. The molecule has 2 amide bonds. The summed E-state index contributed by atoms with van der Waals surface area (Å²) >= 11 is 12.3. The van der Waals surface area contributed by atoms with Gasteiger partial charge in [0.25, 0.3) is 11.8 Å². The molecule has 2 rings (SSSR count). The van der Waals surface area contributed by atoms with E-state index < -0.39 is 11.4 Å². The van der Waals surface area contributed by atoms with Crippen molar-refractivity contribution in [2.45, 2.75) is 26.3 Å². The number of hydrogen-bond acceptors (Lipinski definition) is 2. The van der Waals surface area contributed by atoms with Gasteiger partial charge in [0, 0.05) is 5.56 Å². The van der Waals surface area contributed by atoms with Crippen molar-refractivity contribution in [3.8, 4) is 0 Å². The van der Waals surface area contributed by atoms with Gasteiger partial charge in [-0.15, -0.1) is 0 Å². The highest BCUT2D eigenvalue weighted by molar-refractivity contribution is 6.39. The zero-order valence-corrected chi connectivity index (χ0v) is 15.2. The second-order valence-electron chi connectivity index (χ2n) is 6.21. The summed E-state index contributed by atoms with van der Waals surface area (Å²) in [4.78, 5) is 25.4. The Morgan fingerprint density at radius 2 is 1.46 bits per heavy atom. The monoisotopic (exact) mass is 364 g/mol. The van der Waals surface area contributed by atoms with Crippen LogP contribution in [-0.4, -0.2) is 22.4 Å². The number of nitrogens with one attached hydrogen (secondary N) is 1. The second kappa shape index (κ2) is 7.24. The minimum Gasteiger partial charge on any atom is -0.267 e. The minimum absolute atomic E-state index is 0.157. The fourth-order valence-corrected chi connectivity index (χ4v) is 2.65. The van der Waals surface area contributed by atoms with E-state index in [1.807, 2.05) is 6.07 Å². The van der Waals surface area contributed by atoms with Crippen LogP contribution in [0.1, 0.15) is 41.5 Å². The Hall–Kier alpha value is -2.04. The number of carbonyl (C=O) groups excluding carboxylic acids is 2. The lowest BCUT2D eigenvalue weighted by Gasteiger charge is -2.35. The second-order valence-corrected chi connectivity index (χ2v) is 7.03. The third-order valence-electron chi connectivity index (χ3n) is 3.30. The Labute approximate surface area is 151 Å². The summed E-state index contributed by atoms with van der Waals surface area (Å²) in [6.07, 6.45) is 0. The molecule has 0 aliphatic heterocycles. The van der Waals surface area contributed by atoms with Gasteiger partial charge < -0.3 is 0 Å². The van der Waals surface area contributed by atoms with E-state index in [1.54, 1.807) is 63.2 Å². The molecule has 4 nitrogen and oxygen atoms in total. The Bertz CT molecular complexity index is 735. The molecule has 0 aromatic heterocycles. The van der Waals surface area contributed by atoms with Crippen LogP contribution in [0.2, 0.25) is 10.0 Å². The summed E-state index contributed by atoms with van der Waals surface area (Å²) in [5, 5.41) is 1.71. The minimum atomic E-state index is -0.677. The highest BCUT2D eigenvalue weighted by Crippen LogP contribution is 2.27. The summed E-state index contributed by atoms with van der Waals surface area (Å²) < 4.78 is 0. The molecule has 0 aliphatic rings. The molecule has 0 spiro atoms. The van der Waals surface area contributed by atoms with Gasteiger partial charge in [0.05, 0.1) is 21.1 Å². The summed E-state index contributed by atoms with van der Waals surface area (Å²) in [7, 11) is 0. The molecule has 126 valence electrons. The van der Waals surface area contributed by atoms with Gasteiger partial charge in [-0.25, -0.2) is 5.01 Å². The molecule has 2 aromatic rings. The number of halogens is 2. The molecule has 2 aromatic carbocycles. The van der Waals surface area contributed by atoms with Crippen LogP contribution in [0.25, 0.3) is 0 Å². The first-order chi connectivity index (χ1) is 11.2. The van der Waals surface area contributed by atoms with Gasteiger partial charge in [-0.3, -0.25) is 15.0 Å². The lowest BCUT2D eigenvalue weighted by atomic mass is 10.1. The zero-order valence-electron chi connectivity index (χ0n) is 13.6. The molecule has 0 radical (unpaired) electrons. The van der Waals surface area contributed by atoms with E-state index in [0.717, 1.165) is 0 Å². The summed E-state index contributed by atoms with van der Waals surface area (Å²) in [5.74, 6) is -0.857. The van der Waals surface area contributed by atoms with Gasteiger partial charge in [-0.05, 0) is 45.0 Å². The van der Waals surface area contributed by atoms with Crippen molar-refractivity contribution in [3.05, 3.63) is 69.7 Å². The molecule has 0 fully saturated rings. The van der Waals surface area contributed by atoms with E-state index in [0.29, 0.717) is 5.56 Å². The molecular formula is C18H18Cl2N2O2. The van der Waals surface area contributed by atoms with Crippen molar-refractivity contribution in [2.24, 2.45) is 0 Å². The summed E-state index contributed by atoms with van der Waals surface area (Å²) in [5.41, 5.74) is 2.58. The van der Waals surface area contributed by atoms with Crippen molar-refractivity contribution < 1.29 is 9.59 Å². The molecule has 0 atom stereocenters. The number of nitrogens with zero attached hydrogens (tertiary/aromatic N) is 1. The van der Waals surface area contributed by atoms with Crippen molar-refractivity contribution >= 4 is 35.0 Å². The van der Waals surface area contributed by atoms with Gasteiger partial charge in [0.1, 0.15) is 0 Å². The average Bonchev–Trinajstić information content (AvgIpc) is 2.51. The molecule has 0 saturated carbocycles. The van der Waals surface area contributed by atoms with Crippen LogP contribution in [0, 0.1) is 0 Å². The summed E-state index contributed by atoms with van der Waals surface area (Å²) in [6, 6.07) is 13.5. The SMILES string of the molecule is CC(C)(C)N(NC(=O)c1ccccc1)C(=O)c1c(Cl)cccc1Cl. The molecule has 0 saturated heterocycles. The molecule has 0 heterocycles. The molecule has 1 N–H and O–H groups in total. The molecule has 0 unspecified atom stereocenters. The number of hydrogen-bond donors (Lipinski definition) is 1. The van der Waals surface area contributed by atoms with E-state index in [4.69, 9.17) is 23.2 Å². The predicted octanol–water partition coefficient (Wildman–Crippen LogP) is 4.58. The van der Waals surface area contributed by atoms with Gasteiger partial charge in [0.15, 0.2) is 0 Å². The molecule has 0 bridgehead atoms. The van der Waals surface area contributed by atoms with Crippen molar-refractivity contribution in [1.82, 2.24) is 10.4 Å². The number of carbonyl (C=O) groups is 2. The Balaban J connectivity index is 2.36. The highest BCUT2D eigenvalue weighted by atomic mass is 35.5. The van der Waals surface area contributed by atoms with Crippen LogP contribution in [0.4, 0.5) is 0 Å². The number of amides is 2. The smallest absolute Gasteiger partial charge is 0.267 e. The molecular weight excluding hydrogens is 347 g/mol. The fraction of sp³-hybridized carbons (Fsp3) is 0.222. The van der Waals surface area contributed by atoms with Crippen molar-refractivity contribution in [3.63, 3.8) is 0 Å². The zero-order chi connectivity index (χ0) is 17.9. The first-order valence-electron chi connectivity index (χ1n) is 7.36. The molecule has 0 aliphatic carbocycles. The Morgan fingerprint density at radius 1 is 0.917 bits per heavy atom. The largest absolute Gasteiger partial charge is 0.275 e. The molecule has 6 heteroatoms. The number of rotatable bonds is 2. The average molecular weight is 365 g/mol. The van der Waals surface area contributed by atoms with Gasteiger partial charge in [-0.1, -0.05) is 47.5 Å². The normalized spacial score (nSPS) is 11.0. The van der Waals surface area contributed by atoms with Crippen LogP contribution in [0.3, 0.4) is 0 Å². The third-order valence-corrected chi connectivity index (χ3v) is 3.93. The van der Waals surface area contributed by atoms with Gasteiger partial charge in [-0.2, -0.15) is 0 Å². The third kappa shape index (κ3) is 4.08. The quantitative estimate of drug-likeness (QED) is 0.792. The standard InChI is InChI=1S/C18H18Cl2N2O2/c1-18(2,3)22(21-16(23)12-8-5-4-6-9-12)17(24)15-13(19)10-7-11-14(15)20/h4-11H,1-3H3,(H,21,23). The maximum Gasteiger partial charge on any atom is 0.275 e. The van der Waals surface area contributed by atoms with E-state index in [9.17, 15) is 9.59 Å². The Kier molecular flexibility index (Phi) is 5.52. The van der Waals surface area contributed by atoms with Gasteiger partial charge >= 0.3 is 0 Å². The summed E-state index contributed by atoms with van der Waals surface area (Å²) in [6.45, 7) is 5.42. The number of hydrazine groups is 1.